The number of anilines is 2. The molecule has 3 rings (SSSR count). The fourth-order valence-electron chi connectivity index (χ4n) is 2.99. The number of hydrogen-bond donors (Lipinski definition) is 3. The predicted molar refractivity (Wildman–Crippen MR) is 127 cm³/mol. The minimum Gasteiger partial charge on any atom is -0.375 e. The fraction of sp³-hybridized carbons (Fsp3) is 0.130. The minimum absolute atomic E-state index is 0.0922. The second-order valence-corrected chi connectivity index (χ2v) is 7.93. The maximum absolute atomic E-state index is 12.4. The molecule has 0 aliphatic rings. The largest absolute Gasteiger partial charge is 0.375 e. The Labute approximate surface area is 193 Å². The number of carbonyl (C=O) groups excluding carboxylic acids is 2. The zero-order valence-electron chi connectivity index (χ0n) is 17.2. The molecule has 0 heterocycles. The highest BCUT2D eigenvalue weighted by molar-refractivity contribution is 9.10. The summed E-state index contributed by atoms with van der Waals surface area (Å²) < 4.78 is 0.893. The van der Waals surface area contributed by atoms with Gasteiger partial charge in [-0.1, -0.05) is 46.3 Å². The van der Waals surface area contributed by atoms with Crippen LogP contribution in [0.25, 0.3) is 0 Å². The van der Waals surface area contributed by atoms with E-state index in [2.05, 4.69) is 31.9 Å². The molecule has 0 radical (unpaired) electrons. The summed E-state index contributed by atoms with van der Waals surface area (Å²) in [5.41, 5.74) is 2.65. The van der Waals surface area contributed by atoms with Crippen molar-refractivity contribution in [2.75, 3.05) is 17.2 Å². The monoisotopic (exact) mass is 496 g/mol. The van der Waals surface area contributed by atoms with E-state index in [9.17, 15) is 19.7 Å². The number of aryl methyl sites for hydroxylation is 1. The lowest BCUT2D eigenvalue weighted by Crippen LogP contribution is -2.33. The van der Waals surface area contributed by atoms with Gasteiger partial charge in [0.15, 0.2) is 0 Å². The van der Waals surface area contributed by atoms with Gasteiger partial charge in [0.1, 0.15) is 5.69 Å². The van der Waals surface area contributed by atoms with Gasteiger partial charge in [0, 0.05) is 28.3 Å². The Morgan fingerprint density at radius 3 is 2.41 bits per heavy atom. The quantitative estimate of drug-likeness (QED) is 0.310. The molecule has 0 aliphatic heterocycles. The molecule has 0 saturated carbocycles. The van der Waals surface area contributed by atoms with Crippen molar-refractivity contribution >= 4 is 44.8 Å². The van der Waals surface area contributed by atoms with Crippen molar-refractivity contribution in [1.82, 2.24) is 5.32 Å². The molecule has 0 atom stereocenters. The van der Waals surface area contributed by atoms with E-state index >= 15 is 0 Å². The Morgan fingerprint density at radius 1 is 1.00 bits per heavy atom. The van der Waals surface area contributed by atoms with Gasteiger partial charge in [-0.3, -0.25) is 19.7 Å². The summed E-state index contributed by atoms with van der Waals surface area (Å²) in [6.45, 7) is 1.99. The number of nitro benzene ring substituents is 1. The van der Waals surface area contributed by atoms with Gasteiger partial charge in [-0.15, -0.1) is 0 Å². The van der Waals surface area contributed by atoms with E-state index < -0.39 is 16.7 Å². The summed E-state index contributed by atoms with van der Waals surface area (Å²) in [6.07, 6.45) is 0. The zero-order chi connectivity index (χ0) is 23.1. The van der Waals surface area contributed by atoms with E-state index in [4.69, 9.17) is 0 Å². The number of nitrogens with one attached hydrogen (secondary N) is 3. The van der Waals surface area contributed by atoms with Crippen molar-refractivity contribution in [3.63, 3.8) is 0 Å². The molecule has 32 heavy (non-hydrogen) atoms. The van der Waals surface area contributed by atoms with E-state index in [1.807, 2.05) is 43.3 Å². The molecule has 9 heteroatoms. The Morgan fingerprint density at radius 2 is 1.72 bits per heavy atom. The summed E-state index contributed by atoms with van der Waals surface area (Å²) >= 11 is 3.36. The smallest absolute Gasteiger partial charge is 0.293 e. The van der Waals surface area contributed by atoms with Gasteiger partial charge in [0.2, 0.25) is 5.91 Å². The molecule has 0 saturated heterocycles. The van der Waals surface area contributed by atoms with Crippen LogP contribution in [0.1, 0.15) is 21.5 Å². The predicted octanol–water partition coefficient (Wildman–Crippen LogP) is 4.65. The normalized spacial score (nSPS) is 10.3. The van der Waals surface area contributed by atoms with Crippen LogP contribution >= 0.6 is 15.9 Å². The van der Waals surface area contributed by atoms with Gasteiger partial charge >= 0.3 is 0 Å². The molecule has 0 unspecified atom stereocenters. The molecule has 164 valence electrons. The van der Waals surface area contributed by atoms with Crippen molar-refractivity contribution < 1.29 is 14.5 Å². The average Bonchev–Trinajstić information content (AvgIpc) is 2.78. The van der Waals surface area contributed by atoms with Crippen molar-refractivity contribution in [1.29, 1.82) is 0 Å². The molecule has 3 N–H and O–H groups in total. The average molecular weight is 497 g/mol. The van der Waals surface area contributed by atoms with Gasteiger partial charge in [0.05, 0.1) is 11.5 Å². The van der Waals surface area contributed by atoms with Crippen molar-refractivity contribution in [3.8, 4) is 0 Å². The first kappa shape index (κ1) is 23.0. The third-order valence-corrected chi connectivity index (χ3v) is 5.15. The first-order chi connectivity index (χ1) is 15.3. The van der Waals surface area contributed by atoms with Crippen LogP contribution in [-0.4, -0.2) is 23.3 Å². The second-order valence-electron chi connectivity index (χ2n) is 7.02. The lowest BCUT2D eigenvalue weighted by Gasteiger charge is -2.11. The lowest BCUT2D eigenvalue weighted by atomic mass is 10.1. The molecular weight excluding hydrogens is 476 g/mol. The van der Waals surface area contributed by atoms with Crippen molar-refractivity contribution in [2.24, 2.45) is 0 Å². The first-order valence-corrected chi connectivity index (χ1v) is 10.5. The van der Waals surface area contributed by atoms with Crippen LogP contribution in [0.15, 0.2) is 71.2 Å². The molecule has 0 aliphatic carbocycles. The minimum atomic E-state index is -0.578. The number of amides is 2. The molecule has 2 amide bonds. The van der Waals surface area contributed by atoms with Gasteiger partial charge in [-0.25, -0.2) is 0 Å². The van der Waals surface area contributed by atoms with Crippen LogP contribution in [0.4, 0.5) is 17.1 Å². The number of nitro groups is 1. The van der Waals surface area contributed by atoms with E-state index in [0.717, 1.165) is 15.6 Å². The Kier molecular flexibility index (Phi) is 7.56. The third kappa shape index (κ3) is 6.14. The van der Waals surface area contributed by atoms with Crippen LogP contribution < -0.4 is 16.0 Å². The van der Waals surface area contributed by atoms with Crippen LogP contribution in [-0.2, 0) is 11.3 Å². The van der Waals surface area contributed by atoms with Crippen LogP contribution in [0.3, 0.4) is 0 Å². The van der Waals surface area contributed by atoms with Gasteiger partial charge < -0.3 is 16.0 Å². The van der Waals surface area contributed by atoms with E-state index in [1.165, 1.54) is 18.2 Å². The van der Waals surface area contributed by atoms with Crippen molar-refractivity contribution in [3.05, 3.63) is 98.0 Å². The number of carbonyl (C=O) groups is 2. The number of hydrogen-bond acceptors (Lipinski definition) is 5. The van der Waals surface area contributed by atoms with Crippen LogP contribution in [0, 0.1) is 17.0 Å². The van der Waals surface area contributed by atoms with Gasteiger partial charge in [-0.05, 0) is 48.4 Å². The fourth-order valence-corrected chi connectivity index (χ4v) is 3.47. The lowest BCUT2D eigenvalue weighted by molar-refractivity contribution is -0.384. The topological polar surface area (TPSA) is 113 Å². The molecule has 8 nitrogen and oxygen atoms in total. The molecular formula is C23H21BrN4O4. The summed E-state index contributed by atoms with van der Waals surface area (Å²) in [6, 6.07) is 19.0. The summed E-state index contributed by atoms with van der Waals surface area (Å²) in [4.78, 5) is 35.6. The Bertz CT molecular complexity index is 1150. The SMILES string of the molecule is Cc1cc(Br)ccc1NC(=O)CNC(=O)c1ccc(NCc2ccccc2)c([N+](=O)[O-])c1. The standard InChI is InChI=1S/C23H21BrN4O4/c1-15-11-18(24)8-10-19(15)27-22(29)14-26-23(30)17-7-9-20(21(12-17)28(31)32)25-13-16-5-3-2-4-6-16/h2-12,25H,13-14H2,1H3,(H,26,30)(H,27,29). The van der Waals surface area contributed by atoms with Crippen molar-refractivity contribution in [2.45, 2.75) is 13.5 Å². The number of benzene rings is 3. The number of nitrogens with zero attached hydrogens (tertiary/aromatic N) is 1. The number of rotatable bonds is 8. The summed E-state index contributed by atoms with van der Waals surface area (Å²) in [5, 5.41) is 19.7. The molecule has 0 spiro atoms. The molecule has 0 aromatic heterocycles. The maximum Gasteiger partial charge on any atom is 0.293 e. The summed E-state index contributed by atoms with van der Waals surface area (Å²) in [5.74, 6) is -0.982. The second kappa shape index (κ2) is 10.5. The highest BCUT2D eigenvalue weighted by Crippen LogP contribution is 2.26. The van der Waals surface area contributed by atoms with Crippen LogP contribution in [0.2, 0.25) is 0 Å². The Hall–Kier alpha value is -3.72. The molecule has 0 bridgehead atoms. The first-order valence-electron chi connectivity index (χ1n) is 9.74. The van der Waals surface area contributed by atoms with Crippen LogP contribution in [0.5, 0.6) is 0 Å². The van der Waals surface area contributed by atoms with Gasteiger partial charge in [0.25, 0.3) is 11.6 Å². The van der Waals surface area contributed by atoms with Gasteiger partial charge in [-0.2, -0.15) is 0 Å². The van der Waals surface area contributed by atoms with E-state index in [-0.39, 0.29) is 17.8 Å². The number of halogens is 1. The molecule has 3 aromatic carbocycles. The van der Waals surface area contributed by atoms with E-state index in [1.54, 1.807) is 12.1 Å². The molecule has 0 fully saturated rings. The maximum atomic E-state index is 12.4. The highest BCUT2D eigenvalue weighted by Gasteiger charge is 2.18. The third-order valence-electron chi connectivity index (χ3n) is 4.65. The van der Waals surface area contributed by atoms with E-state index in [0.29, 0.717) is 17.9 Å². The highest BCUT2D eigenvalue weighted by atomic mass is 79.9. The summed E-state index contributed by atoms with van der Waals surface area (Å²) in [7, 11) is 0. The zero-order valence-corrected chi connectivity index (χ0v) is 18.8. The molecule has 3 aromatic rings. The Balaban J connectivity index is 1.62.